The van der Waals surface area contributed by atoms with Crippen molar-refractivity contribution >= 4 is 5.78 Å². The molecule has 1 saturated carbocycles. The molecule has 2 nitrogen and oxygen atoms in total. The average Bonchev–Trinajstić information content (AvgIpc) is 3.22. The maximum atomic E-state index is 12.3. The molecule has 0 amide bonds. The van der Waals surface area contributed by atoms with Gasteiger partial charge in [-0.2, -0.15) is 0 Å². The van der Waals surface area contributed by atoms with Crippen LogP contribution in [0.4, 0.5) is 0 Å². The monoisotopic (exact) mass is 259 g/mol. The van der Waals surface area contributed by atoms with Gasteiger partial charge in [-0.25, -0.2) is 0 Å². The van der Waals surface area contributed by atoms with Crippen molar-refractivity contribution < 1.29 is 4.79 Å². The van der Waals surface area contributed by atoms with Crippen LogP contribution in [0.2, 0.25) is 0 Å². The van der Waals surface area contributed by atoms with Crippen molar-refractivity contribution in [2.75, 3.05) is 13.1 Å². The van der Waals surface area contributed by atoms with Crippen molar-refractivity contribution in [3.8, 4) is 0 Å². The summed E-state index contributed by atoms with van der Waals surface area (Å²) in [5.74, 6) is 1.08. The van der Waals surface area contributed by atoms with Crippen LogP contribution in [0, 0.1) is 5.92 Å². The third-order valence-electron chi connectivity index (χ3n) is 3.95. The summed E-state index contributed by atoms with van der Waals surface area (Å²) in [5, 5.41) is 0. The predicted octanol–water partition coefficient (Wildman–Crippen LogP) is 3.55. The normalized spacial score (nSPS) is 15.2. The fraction of sp³-hybridized carbons (Fsp3) is 0.588. The highest BCUT2D eigenvalue weighted by atomic mass is 16.1. The molecule has 0 atom stereocenters. The van der Waals surface area contributed by atoms with Crippen LogP contribution in [-0.2, 0) is 6.42 Å². The first-order chi connectivity index (χ1) is 9.10. The Hall–Kier alpha value is -1.15. The van der Waals surface area contributed by atoms with Crippen molar-refractivity contribution in [2.45, 2.75) is 46.1 Å². The lowest BCUT2D eigenvalue weighted by atomic mass is 10.1. The molecule has 1 aliphatic rings. The molecule has 1 aromatic rings. The highest BCUT2D eigenvalue weighted by molar-refractivity contribution is 5.97. The van der Waals surface area contributed by atoms with Crippen LogP contribution in [0.1, 0.15) is 49.5 Å². The topological polar surface area (TPSA) is 20.3 Å². The molecule has 0 bridgehead atoms. The number of carbonyl (C=O) groups excluding carboxylic acids is 1. The summed E-state index contributed by atoms with van der Waals surface area (Å²) in [6.07, 6.45) is 3.69. The number of ketones is 1. The van der Waals surface area contributed by atoms with Crippen molar-refractivity contribution in [1.82, 2.24) is 4.90 Å². The van der Waals surface area contributed by atoms with Gasteiger partial charge in [-0.05, 0) is 44.6 Å². The van der Waals surface area contributed by atoms with E-state index in [1.54, 1.807) is 0 Å². The summed E-state index contributed by atoms with van der Waals surface area (Å²) in [5.41, 5.74) is 2.13. The first-order valence-corrected chi connectivity index (χ1v) is 7.46. The minimum atomic E-state index is 0.247. The van der Waals surface area contributed by atoms with Gasteiger partial charge in [-0.15, -0.1) is 0 Å². The lowest BCUT2D eigenvalue weighted by molar-refractivity contribution is 0.0901. The zero-order chi connectivity index (χ0) is 13.8. The van der Waals surface area contributed by atoms with E-state index in [4.69, 9.17) is 0 Å². The summed E-state index contributed by atoms with van der Waals surface area (Å²) in [6, 6.07) is 8.51. The molecule has 2 heteroatoms. The van der Waals surface area contributed by atoms with Gasteiger partial charge in [-0.3, -0.25) is 9.69 Å². The predicted molar refractivity (Wildman–Crippen MR) is 79.6 cm³/mol. The summed E-state index contributed by atoms with van der Waals surface area (Å²) < 4.78 is 0. The van der Waals surface area contributed by atoms with Crippen LogP contribution in [0.5, 0.6) is 0 Å². The Morgan fingerprint density at radius 3 is 2.37 bits per heavy atom. The number of aryl methyl sites for hydroxylation is 1. The molecule has 0 unspecified atom stereocenters. The Bertz CT molecular complexity index is 417. The van der Waals surface area contributed by atoms with Crippen molar-refractivity contribution in [2.24, 2.45) is 5.92 Å². The van der Waals surface area contributed by atoms with Crippen LogP contribution >= 0.6 is 0 Å². The van der Waals surface area contributed by atoms with Gasteiger partial charge in [0.15, 0.2) is 5.78 Å². The van der Waals surface area contributed by atoms with E-state index in [2.05, 4.69) is 37.8 Å². The van der Waals surface area contributed by atoms with Gasteiger partial charge in [0.1, 0.15) is 0 Å². The number of hydrogen-bond acceptors (Lipinski definition) is 2. The molecule has 2 rings (SSSR count). The first kappa shape index (κ1) is 14.3. The van der Waals surface area contributed by atoms with Crippen LogP contribution < -0.4 is 0 Å². The van der Waals surface area contributed by atoms with Crippen LogP contribution in [0.25, 0.3) is 0 Å². The minimum absolute atomic E-state index is 0.247. The lowest BCUT2D eigenvalue weighted by Gasteiger charge is -2.25. The highest BCUT2D eigenvalue weighted by Crippen LogP contribution is 2.30. The minimum Gasteiger partial charge on any atom is -0.293 e. The van der Waals surface area contributed by atoms with Gasteiger partial charge in [0.05, 0.1) is 6.54 Å². The average molecular weight is 259 g/mol. The highest BCUT2D eigenvalue weighted by Gasteiger charge is 2.26. The Labute approximate surface area is 116 Å². The molecular weight excluding hydrogens is 234 g/mol. The summed E-state index contributed by atoms with van der Waals surface area (Å²) in [6.45, 7) is 8.12. The van der Waals surface area contributed by atoms with Crippen molar-refractivity contribution in [3.63, 3.8) is 0 Å². The van der Waals surface area contributed by atoms with E-state index >= 15 is 0 Å². The Morgan fingerprint density at radius 1 is 1.26 bits per heavy atom. The maximum Gasteiger partial charge on any atom is 0.176 e. The van der Waals surface area contributed by atoms with E-state index in [1.165, 1.54) is 18.4 Å². The first-order valence-electron chi connectivity index (χ1n) is 7.46. The Balaban J connectivity index is 1.96. The molecule has 0 aliphatic heterocycles. The standard InChI is InChI=1S/C17H25NO/c1-4-14-7-9-16(10-8-14)17(19)12-18(13(2)3)11-15-5-6-15/h7-10,13,15H,4-6,11-12H2,1-3H3. The summed E-state index contributed by atoms with van der Waals surface area (Å²) in [7, 11) is 0. The molecule has 0 spiro atoms. The second-order valence-corrected chi connectivity index (χ2v) is 5.94. The quantitative estimate of drug-likeness (QED) is 0.698. The van der Waals surface area contributed by atoms with Gasteiger partial charge >= 0.3 is 0 Å². The van der Waals surface area contributed by atoms with Gasteiger partial charge in [-0.1, -0.05) is 31.2 Å². The second kappa shape index (κ2) is 6.33. The van der Waals surface area contributed by atoms with E-state index in [9.17, 15) is 4.79 Å². The Morgan fingerprint density at radius 2 is 1.89 bits per heavy atom. The molecular formula is C17H25NO. The molecule has 1 aromatic carbocycles. The fourth-order valence-corrected chi connectivity index (χ4v) is 2.29. The molecule has 0 aromatic heterocycles. The van der Waals surface area contributed by atoms with E-state index in [0.717, 1.165) is 24.4 Å². The van der Waals surface area contributed by atoms with Crippen LogP contribution in [0.3, 0.4) is 0 Å². The lowest BCUT2D eigenvalue weighted by Crippen LogP contribution is -2.37. The fourth-order valence-electron chi connectivity index (χ4n) is 2.29. The molecule has 0 radical (unpaired) electrons. The van der Waals surface area contributed by atoms with E-state index < -0.39 is 0 Å². The van der Waals surface area contributed by atoms with Crippen LogP contribution in [-0.4, -0.2) is 29.8 Å². The van der Waals surface area contributed by atoms with Crippen LogP contribution in [0.15, 0.2) is 24.3 Å². The van der Waals surface area contributed by atoms with Gasteiger partial charge in [0, 0.05) is 18.2 Å². The van der Waals surface area contributed by atoms with Gasteiger partial charge in [0.25, 0.3) is 0 Å². The largest absolute Gasteiger partial charge is 0.293 e. The number of carbonyl (C=O) groups is 1. The molecule has 0 N–H and O–H groups in total. The van der Waals surface area contributed by atoms with E-state index in [0.29, 0.717) is 12.6 Å². The third kappa shape index (κ3) is 4.17. The molecule has 0 heterocycles. The third-order valence-corrected chi connectivity index (χ3v) is 3.95. The SMILES string of the molecule is CCc1ccc(C(=O)CN(CC2CC2)C(C)C)cc1. The van der Waals surface area contributed by atoms with Crippen molar-refractivity contribution in [1.29, 1.82) is 0 Å². The van der Waals surface area contributed by atoms with E-state index in [-0.39, 0.29) is 5.78 Å². The number of Topliss-reactive ketones (excluding diaryl/α,β-unsaturated/α-hetero) is 1. The van der Waals surface area contributed by atoms with Gasteiger partial charge in [0.2, 0.25) is 0 Å². The number of rotatable bonds is 7. The summed E-state index contributed by atoms with van der Waals surface area (Å²) in [4.78, 5) is 14.6. The number of benzene rings is 1. The summed E-state index contributed by atoms with van der Waals surface area (Å²) >= 11 is 0. The van der Waals surface area contributed by atoms with Crippen molar-refractivity contribution in [3.05, 3.63) is 35.4 Å². The molecule has 104 valence electrons. The number of nitrogens with zero attached hydrogens (tertiary/aromatic N) is 1. The molecule has 1 fully saturated rings. The second-order valence-electron chi connectivity index (χ2n) is 5.94. The zero-order valence-corrected chi connectivity index (χ0v) is 12.4. The molecule has 1 aliphatic carbocycles. The van der Waals surface area contributed by atoms with E-state index in [1.807, 2.05) is 12.1 Å². The smallest absolute Gasteiger partial charge is 0.176 e. The zero-order valence-electron chi connectivity index (χ0n) is 12.4. The number of hydrogen-bond donors (Lipinski definition) is 0. The molecule has 19 heavy (non-hydrogen) atoms. The maximum absolute atomic E-state index is 12.3. The Kier molecular flexibility index (Phi) is 4.76. The molecule has 0 saturated heterocycles. The van der Waals surface area contributed by atoms with Gasteiger partial charge < -0.3 is 0 Å².